The van der Waals surface area contributed by atoms with Crippen molar-refractivity contribution in [3.63, 3.8) is 0 Å². The summed E-state index contributed by atoms with van der Waals surface area (Å²) in [6.45, 7) is 4.47. The zero-order valence-electron chi connectivity index (χ0n) is 11.0. The first kappa shape index (κ1) is 15.2. The molecule has 1 aromatic heterocycles. The molecule has 0 saturated carbocycles. The molecule has 0 amide bonds. The Morgan fingerprint density at radius 2 is 1.95 bits per heavy atom. The summed E-state index contributed by atoms with van der Waals surface area (Å²) < 4.78 is 2.16. The first-order valence-electron chi connectivity index (χ1n) is 6.26. The van der Waals surface area contributed by atoms with E-state index in [2.05, 4.69) is 76.0 Å². The summed E-state index contributed by atoms with van der Waals surface area (Å²) >= 11 is 8.71. The van der Waals surface area contributed by atoms with Crippen LogP contribution in [0, 0.1) is 5.92 Å². The molecule has 2 N–H and O–H groups in total. The Morgan fingerprint density at radius 3 is 2.53 bits per heavy atom. The van der Waals surface area contributed by atoms with Gasteiger partial charge < -0.3 is 5.73 Å². The summed E-state index contributed by atoms with van der Waals surface area (Å²) in [5.41, 5.74) is 8.91. The molecule has 1 heterocycles. The van der Waals surface area contributed by atoms with Crippen molar-refractivity contribution >= 4 is 43.2 Å². The molecule has 0 saturated heterocycles. The minimum absolute atomic E-state index is 0.0558. The molecule has 2 rings (SSSR count). The SMILES string of the molecule is CC(C)Cc1cccc(C(N)c2cc(Br)c(Br)s2)c1. The van der Waals surface area contributed by atoms with E-state index in [1.54, 1.807) is 11.3 Å². The van der Waals surface area contributed by atoms with Crippen molar-refractivity contribution in [2.75, 3.05) is 0 Å². The Hall–Kier alpha value is -0.160. The average molecular weight is 403 g/mol. The summed E-state index contributed by atoms with van der Waals surface area (Å²) in [4.78, 5) is 1.17. The molecule has 0 fully saturated rings. The molecule has 4 heteroatoms. The van der Waals surface area contributed by atoms with Crippen LogP contribution in [0.15, 0.2) is 38.6 Å². The highest BCUT2D eigenvalue weighted by molar-refractivity contribution is 9.13. The zero-order valence-corrected chi connectivity index (χ0v) is 15.0. The lowest BCUT2D eigenvalue weighted by Gasteiger charge is -2.12. The van der Waals surface area contributed by atoms with Gasteiger partial charge in [-0.3, -0.25) is 0 Å². The van der Waals surface area contributed by atoms with Gasteiger partial charge in [-0.05, 0) is 61.4 Å². The number of benzene rings is 1. The predicted octanol–water partition coefficient (Wildman–Crippen LogP) is 5.52. The minimum Gasteiger partial charge on any atom is -0.320 e. The van der Waals surface area contributed by atoms with Gasteiger partial charge in [0.15, 0.2) is 0 Å². The first-order valence-corrected chi connectivity index (χ1v) is 8.66. The molecule has 1 unspecified atom stereocenters. The number of thiophene rings is 1. The lowest BCUT2D eigenvalue weighted by atomic mass is 9.98. The maximum absolute atomic E-state index is 6.37. The summed E-state index contributed by atoms with van der Waals surface area (Å²) in [7, 11) is 0. The van der Waals surface area contributed by atoms with Crippen LogP contribution in [0.1, 0.15) is 35.9 Å². The summed E-state index contributed by atoms with van der Waals surface area (Å²) in [6, 6.07) is 10.7. The van der Waals surface area contributed by atoms with E-state index in [4.69, 9.17) is 5.73 Å². The van der Waals surface area contributed by atoms with Gasteiger partial charge in [0.1, 0.15) is 0 Å². The third-order valence-corrected chi connectivity index (χ3v) is 6.26. The molecule has 0 spiro atoms. The van der Waals surface area contributed by atoms with E-state index >= 15 is 0 Å². The van der Waals surface area contributed by atoms with Gasteiger partial charge in [0.2, 0.25) is 0 Å². The highest BCUT2D eigenvalue weighted by Gasteiger charge is 2.14. The van der Waals surface area contributed by atoms with E-state index in [1.807, 2.05) is 0 Å². The summed E-state index contributed by atoms with van der Waals surface area (Å²) in [5, 5.41) is 0. The molecule has 1 nitrogen and oxygen atoms in total. The average Bonchev–Trinajstić information content (AvgIpc) is 2.68. The van der Waals surface area contributed by atoms with Crippen LogP contribution in [0.25, 0.3) is 0 Å². The van der Waals surface area contributed by atoms with Crippen LogP contribution in [0.5, 0.6) is 0 Å². The first-order chi connectivity index (χ1) is 8.97. The molecule has 102 valence electrons. The second-order valence-corrected chi connectivity index (χ2v) is 8.35. The molecule has 0 aliphatic rings. The second kappa shape index (κ2) is 6.53. The molecule has 2 aromatic rings. The fourth-order valence-electron chi connectivity index (χ4n) is 2.07. The van der Waals surface area contributed by atoms with E-state index < -0.39 is 0 Å². The van der Waals surface area contributed by atoms with Crippen molar-refractivity contribution in [2.24, 2.45) is 11.7 Å². The lowest BCUT2D eigenvalue weighted by molar-refractivity contribution is 0.646. The van der Waals surface area contributed by atoms with Crippen LogP contribution >= 0.6 is 43.2 Å². The van der Waals surface area contributed by atoms with Crippen LogP contribution in [-0.2, 0) is 6.42 Å². The van der Waals surface area contributed by atoms with Gasteiger partial charge in [0.05, 0.1) is 9.83 Å². The number of nitrogens with two attached hydrogens (primary N) is 1. The standard InChI is InChI=1S/C15H17Br2NS/c1-9(2)6-10-4-3-5-11(7-10)14(18)13-8-12(16)15(17)19-13/h3-5,7-9,14H,6,18H2,1-2H3. The van der Waals surface area contributed by atoms with Gasteiger partial charge in [-0.15, -0.1) is 11.3 Å². The number of hydrogen-bond acceptors (Lipinski definition) is 2. The van der Waals surface area contributed by atoms with Gasteiger partial charge in [-0.25, -0.2) is 0 Å². The van der Waals surface area contributed by atoms with E-state index in [0.717, 1.165) is 14.7 Å². The van der Waals surface area contributed by atoms with Crippen molar-refractivity contribution in [3.05, 3.63) is 54.6 Å². The van der Waals surface area contributed by atoms with E-state index in [0.29, 0.717) is 5.92 Å². The molecule has 1 atom stereocenters. The fourth-order valence-corrected chi connectivity index (χ4v) is 4.19. The number of halogens is 2. The molecular formula is C15H17Br2NS. The van der Waals surface area contributed by atoms with Gasteiger partial charge in [-0.2, -0.15) is 0 Å². The van der Waals surface area contributed by atoms with Gasteiger partial charge in [-0.1, -0.05) is 38.1 Å². The van der Waals surface area contributed by atoms with Gasteiger partial charge in [0.25, 0.3) is 0 Å². The molecular weight excluding hydrogens is 386 g/mol. The smallest absolute Gasteiger partial charge is 0.0843 e. The molecule has 1 aromatic carbocycles. The Bertz CT molecular complexity index is 544. The lowest BCUT2D eigenvalue weighted by Crippen LogP contribution is -2.10. The number of hydrogen-bond donors (Lipinski definition) is 1. The second-order valence-electron chi connectivity index (χ2n) is 5.09. The largest absolute Gasteiger partial charge is 0.320 e. The van der Waals surface area contributed by atoms with E-state index in [-0.39, 0.29) is 6.04 Å². The molecule has 0 bridgehead atoms. The Labute approximate surface area is 135 Å². The van der Waals surface area contributed by atoms with Crippen LogP contribution < -0.4 is 5.73 Å². The Kier molecular flexibility index (Phi) is 5.23. The quantitative estimate of drug-likeness (QED) is 0.715. The van der Waals surface area contributed by atoms with Crippen LogP contribution in [0.3, 0.4) is 0 Å². The van der Waals surface area contributed by atoms with E-state index in [9.17, 15) is 0 Å². The van der Waals surface area contributed by atoms with Crippen LogP contribution in [0.4, 0.5) is 0 Å². The molecule has 0 aliphatic carbocycles. The Balaban J connectivity index is 2.25. The highest BCUT2D eigenvalue weighted by atomic mass is 79.9. The zero-order chi connectivity index (χ0) is 14.0. The van der Waals surface area contributed by atoms with Gasteiger partial charge >= 0.3 is 0 Å². The van der Waals surface area contributed by atoms with Crippen molar-refractivity contribution in [2.45, 2.75) is 26.3 Å². The fraction of sp³-hybridized carbons (Fsp3) is 0.333. The van der Waals surface area contributed by atoms with Crippen LogP contribution in [-0.4, -0.2) is 0 Å². The molecule has 0 radical (unpaired) electrons. The van der Waals surface area contributed by atoms with Gasteiger partial charge in [0, 0.05) is 9.35 Å². The Morgan fingerprint density at radius 1 is 1.21 bits per heavy atom. The molecule has 0 aliphatic heterocycles. The monoisotopic (exact) mass is 401 g/mol. The normalized spacial score (nSPS) is 12.9. The van der Waals surface area contributed by atoms with Crippen molar-refractivity contribution in [1.82, 2.24) is 0 Å². The third kappa shape index (κ3) is 3.91. The van der Waals surface area contributed by atoms with Crippen LogP contribution in [0.2, 0.25) is 0 Å². The topological polar surface area (TPSA) is 26.0 Å². The number of rotatable bonds is 4. The summed E-state index contributed by atoms with van der Waals surface area (Å²) in [5.74, 6) is 0.663. The van der Waals surface area contributed by atoms with Crippen molar-refractivity contribution in [3.8, 4) is 0 Å². The maximum Gasteiger partial charge on any atom is 0.0843 e. The third-order valence-electron chi connectivity index (χ3n) is 2.92. The molecule has 19 heavy (non-hydrogen) atoms. The summed E-state index contributed by atoms with van der Waals surface area (Å²) in [6.07, 6.45) is 1.10. The van der Waals surface area contributed by atoms with E-state index in [1.165, 1.54) is 16.0 Å². The van der Waals surface area contributed by atoms with Crippen molar-refractivity contribution in [1.29, 1.82) is 0 Å². The predicted molar refractivity (Wildman–Crippen MR) is 90.7 cm³/mol. The minimum atomic E-state index is -0.0558. The maximum atomic E-state index is 6.37. The van der Waals surface area contributed by atoms with Crippen molar-refractivity contribution < 1.29 is 0 Å². The highest BCUT2D eigenvalue weighted by Crippen LogP contribution is 2.36.